The summed E-state index contributed by atoms with van der Waals surface area (Å²) in [4.78, 5) is 4.11. The van der Waals surface area contributed by atoms with Gasteiger partial charge in [0.2, 0.25) is 0 Å². The van der Waals surface area contributed by atoms with Crippen molar-refractivity contribution >= 4 is 5.69 Å². The summed E-state index contributed by atoms with van der Waals surface area (Å²) in [6.07, 6.45) is 2.95. The largest absolute Gasteiger partial charge is 0.506 e. The Hall–Kier alpha value is -3.31. The van der Waals surface area contributed by atoms with Gasteiger partial charge in [0.15, 0.2) is 0 Å². The lowest BCUT2D eigenvalue weighted by atomic mass is 10.1. The Morgan fingerprint density at radius 2 is 1.85 bits per heavy atom. The van der Waals surface area contributed by atoms with Gasteiger partial charge in [-0.1, -0.05) is 12.1 Å². The predicted octanol–water partition coefficient (Wildman–Crippen LogP) is 2.80. The van der Waals surface area contributed by atoms with E-state index in [0.29, 0.717) is 5.69 Å². The predicted molar refractivity (Wildman–Crippen MR) is 74.3 cm³/mol. The molecule has 0 aliphatic carbocycles. The standard InChI is InChI=1S/C15H10N4O/c16-8-11(9-17)10-19-13-5-3-12(4-6-13)15-14(20)2-1-7-18-15/h1-7,10,19-20H. The van der Waals surface area contributed by atoms with Crippen LogP contribution in [0.5, 0.6) is 5.75 Å². The highest BCUT2D eigenvalue weighted by molar-refractivity contribution is 5.68. The topological polar surface area (TPSA) is 92.7 Å². The van der Waals surface area contributed by atoms with Gasteiger partial charge in [-0.05, 0) is 24.3 Å². The molecule has 2 aromatic rings. The Balaban J connectivity index is 2.20. The van der Waals surface area contributed by atoms with E-state index in [0.717, 1.165) is 11.3 Å². The second-order valence-electron chi connectivity index (χ2n) is 3.87. The zero-order valence-electron chi connectivity index (χ0n) is 10.4. The monoisotopic (exact) mass is 262 g/mol. The number of aromatic nitrogens is 1. The molecule has 0 saturated carbocycles. The Kier molecular flexibility index (Phi) is 3.96. The van der Waals surface area contributed by atoms with Crippen molar-refractivity contribution in [2.45, 2.75) is 0 Å². The number of nitrogens with one attached hydrogen (secondary N) is 1. The quantitative estimate of drug-likeness (QED) is 0.829. The van der Waals surface area contributed by atoms with E-state index < -0.39 is 0 Å². The van der Waals surface area contributed by atoms with Gasteiger partial charge >= 0.3 is 0 Å². The molecule has 1 heterocycles. The third-order valence-electron chi connectivity index (χ3n) is 2.57. The maximum atomic E-state index is 9.71. The van der Waals surface area contributed by atoms with Crippen molar-refractivity contribution < 1.29 is 5.11 Å². The number of nitriles is 2. The van der Waals surface area contributed by atoms with Gasteiger partial charge in [0.1, 0.15) is 29.2 Å². The zero-order valence-corrected chi connectivity index (χ0v) is 10.4. The minimum absolute atomic E-state index is 0.00329. The van der Waals surface area contributed by atoms with Crippen molar-refractivity contribution in [3.63, 3.8) is 0 Å². The molecule has 0 aliphatic rings. The molecule has 5 heteroatoms. The summed E-state index contributed by atoms with van der Waals surface area (Å²) < 4.78 is 0. The van der Waals surface area contributed by atoms with Crippen LogP contribution in [0.25, 0.3) is 11.3 Å². The van der Waals surface area contributed by atoms with Crippen molar-refractivity contribution in [3.05, 3.63) is 54.4 Å². The summed E-state index contributed by atoms with van der Waals surface area (Å²) in [7, 11) is 0. The van der Waals surface area contributed by atoms with E-state index >= 15 is 0 Å². The Bertz CT molecular complexity index is 705. The van der Waals surface area contributed by atoms with Crippen LogP contribution in [-0.2, 0) is 0 Å². The molecular formula is C15H10N4O. The highest BCUT2D eigenvalue weighted by atomic mass is 16.3. The van der Waals surface area contributed by atoms with Crippen molar-refractivity contribution in [2.75, 3.05) is 5.32 Å². The lowest BCUT2D eigenvalue weighted by molar-refractivity contribution is 0.475. The number of rotatable bonds is 3. The fraction of sp³-hybridized carbons (Fsp3) is 0. The van der Waals surface area contributed by atoms with Crippen LogP contribution in [0.3, 0.4) is 0 Å². The van der Waals surface area contributed by atoms with E-state index in [4.69, 9.17) is 10.5 Å². The molecule has 0 radical (unpaired) electrons. The SMILES string of the molecule is N#CC(C#N)=CNc1ccc(-c2ncccc2O)cc1. The molecule has 0 spiro atoms. The molecule has 1 aromatic heterocycles. The van der Waals surface area contributed by atoms with Crippen LogP contribution in [0, 0.1) is 22.7 Å². The first-order valence-corrected chi connectivity index (χ1v) is 5.76. The average Bonchev–Trinajstić information content (AvgIpc) is 2.49. The van der Waals surface area contributed by atoms with Crippen molar-refractivity contribution in [2.24, 2.45) is 0 Å². The molecule has 0 atom stereocenters. The van der Waals surface area contributed by atoms with E-state index in [-0.39, 0.29) is 11.3 Å². The van der Waals surface area contributed by atoms with E-state index in [1.165, 1.54) is 6.20 Å². The smallest absolute Gasteiger partial charge is 0.145 e. The van der Waals surface area contributed by atoms with Crippen molar-refractivity contribution in [1.82, 2.24) is 4.98 Å². The van der Waals surface area contributed by atoms with E-state index in [1.54, 1.807) is 54.7 Å². The number of nitrogens with zero attached hydrogens (tertiary/aromatic N) is 3. The molecule has 20 heavy (non-hydrogen) atoms. The second kappa shape index (κ2) is 6.03. The fourth-order valence-electron chi connectivity index (χ4n) is 1.59. The van der Waals surface area contributed by atoms with E-state index in [9.17, 15) is 5.11 Å². The van der Waals surface area contributed by atoms with Crippen LogP contribution in [0.4, 0.5) is 5.69 Å². The minimum Gasteiger partial charge on any atom is -0.506 e. The summed E-state index contributed by atoms with van der Waals surface area (Å²) >= 11 is 0. The van der Waals surface area contributed by atoms with Crippen LogP contribution in [-0.4, -0.2) is 10.1 Å². The molecule has 0 bridgehead atoms. The van der Waals surface area contributed by atoms with Crippen LogP contribution in [0.15, 0.2) is 54.4 Å². The lowest BCUT2D eigenvalue weighted by Gasteiger charge is -2.05. The molecular weight excluding hydrogens is 252 g/mol. The van der Waals surface area contributed by atoms with E-state index in [1.807, 2.05) is 0 Å². The summed E-state index contributed by atoms with van der Waals surface area (Å²) in [6, 6.07) is 13.9. The first kappa shape index (κ1) is 13.1. The zero-order chi connectivity index (χ0) is 14.4. The molecule has 0 saturated heterocycles. The third kappa shape index (κ3) is 2.92. The number of allylic oxidation sites excluding steroid dienone is 1. The number of pyridine rings is 1. The van der Waals surface area contributed by atoms with Crippen LogP contribution in [0.1, 0.15) is 0 Å². The summed E-state index contributed by atoms with van der Waals surface area (Å²) in [5, 5.41) is 29.8. The van der Waals surface area contributed by atoms with Gasteiger partial charge in [-0.25, -0.2) is 0 Å². The number of anilines is 1. The number of aromatic hydroxyl groups is 1. The Morgan fingerprint density at radius 1 is 1.15 bits per heavy atom. The molecule has 5 nitrogen and oxygen atoms in total. The van der Waals surface area contributed by atoms with Crippen LogP contribution in [0.2, 0.25) is 0 Å². The Labute approximate surface area is 116 Å². The molecule has 0 aliphatic heterocycles. The van der Waals surface area contributed by atoms with Gasteiger partial charge < -0.3 is 10.4 Å². The summed E-state index contributed by atoms with van der Waals surface area (Å²) in [6.45, 7) is 0. The van der Waals surface area contributed by atoms with Crippen molar-refractivity contribution in [3.8, 4) is 29.1 Å². The maximum absolute atomic E-state index is 9.71. The molecule has 0 amide bonds. The van der Waals surface area contributed by atoms with Gasteiger partial charge in [0, 0.05) is 23.6 Å². The summed E-state index contributed by atoms with van der Waals surface area (Å²) in [5.41, 5.74) is 2.01. The fourth-order valence-corrected chi connectivity index (χ4v) is 1.59. The van der Waals surface area contributed by atoms with Gasteiger partial charge in [0.25, 0.3) is 0 Å². The number of benzene rings is 1. The Morgan fingerprint density at radius 3 is 2.45 bits per heavy atom. The first-order chi connectivity index (χ1) is 9.74. The third-order valence-corrected chi connectivity index (χ3v) is 2.57. The van der Waals surface area contributed by atoms with E-state index in [2.05, 4.69) is 10.3 Å². The number of hydrogen-bond donors (Lipinski definition) is 2. The van der Waals surface area contributed by atoms with Gasteiger partial charge in [-0.15, -0.1) is 0 Å². The molecule has 0 fully saturated rings. The molecule has 2 N–H and O–H groups in total. The minimum atomic E-state index is -0.00329. The molecule has 96 valence electrons. The molecule has 2 rings (SSSR count). The lowest BCUT2D eigenvalue weighted by Crippen LogP contribution is -1.90. The highest BCUT2D eigenvalue weighted by Gasteiger charge is 2.04. The normalized spacial score (nSPS) is 9.10. The number of hydrogen-bond acceptors (Lipinski definition) is 5. The molecule has 0 unspecified atom stereocenters. The summed E-state index contributed by atoms with van der Waals surface area (Å²) in [5.74, 6) is 0.115. The van der Waals surface area contributed by atoms with Crippen LogP contribution < -0.4 is 5.32 Å². The second-order valence-corrected chi connectivity index (χ2v) is 3.87. The van der Waals surface area contributed by atoms with Crippen molar-refractivity contribution in [1.29, 1.82) is 10.5 Å². The van der Waals surface area contributed by atoms with Gasteiger partial charge in [0.05, 0.1) is 0 Å². The first-order valence-electron chi connectivity index (χ1n) is 5.76. The van der Waals surface area contributed by atoms with Gasteiger partial charge in [-0.3, -0.25) is 4.98 Å². The molecule has 1 aromatic carbocycles. The highest BCUT2D eigenvalue weighted by Crippen LogP contribution is 2.26. The maximum Gasteiger partial charge on any atom is 0.145 e. The van der Waals surface area contributed by atoms with Crippen LogP contribution >= 0.6 is 0 Å². The average molecular weight is 262 g/mol. The van der Waals surface area contributed by atoms with Gasteiger partial charge in [-0.2, -0.15) is 10.5 Å².